The van der Waals surface area contributed by atoms with Gasteiger partial charge in [-0.2, -0.15) is 0 Å². The summed E-state index contributed by atoms with van der Waals surface area (Å²) in [5, 5.41) is 1.81. The molecule has 3 nitrogen and oxygen atoms in total. The van der Waals surface area contributed by atoms with Crippen LogP contribution in [-0.4, -0.2) is 22.7 Å². The van der Waals surface area contributed by atoms with Crippen LogP contribution in [0, 0.1) is 0 Å². The Morgan fingerprint density at radius 2 is 2.00 bits per heavy atom. The molecule has 134 valence electrons. The van der Waals surface area contributed by atoms with Crippen LogP contribution in [0.25, 0.3) is 10.9 Å². The zero-order valence-corrected chi connectivity index (χ0v) is 15.9. The van der Waals surface area contributed by atoms with Crippen LogP contribution in [0.15, 0.2) is 59.6 Å². The minimum absolute atomic E-state index is 0.243. The fourth-order valence-corrected chi connectivity index (χ4v) is 4.76. The molecule has 0 saturated carbocycles. The second-order valence-corrected chi connectivity index (χ2v) is 8.42. The average molecular weight is 365 g/mol. The van der Waals surface area contributed by atoms with E-state index in [9.17, 15) is 4.79 Å². The number of fused-ring (bicyclic) bond motifs is 2. The maximum atomic E-state index is 12.9. The molecule has 1 aliphatic heterocycles. The zero-order chi connectivity index (χ0) is 17.9. The molecule has 1 atom stereocenters. The largest absolute Gasteiger partial charge is 0.361 e. The van der Waals surface area contributed by atoms with Gasteiger partial charge in [0.05, 0.1) is 5.69 Å². The van der Waals surface area contributed by atoms with Gasteiger partial charge in [-0.05, 0) is 43.0 Å². The van der Waals surface area contributed by atoms with E-state index < -0.39 is 0 Å². The minimum atomic E-state index is 0.243. The summed E-state index contributed by atoms with van der Waals surface area (Å²) >= 11 is 1.88. The predicted molar refractivity (Wildman–Crippen MR) is 110 cm³/mol. The fourth-order valence-electron chi connectivity index (χ4n) is 3.65. The molecule has 4 heteroatoms. The Balaban J connectivity index is 1.43. The van der Waals surface area contributed by atoms with Gasteiger partial charge in [0.1, 0.15) is 0 Å². The molecule has 0 saturated heterocycles. The standard InChI is InChI=1S/C22H24N2OS/c1-16-13-14-24(20-10-4-5-11-21(20)26-16)22(25)12-6-7-17-15-23-19-9-3-2-8-18(17)19/h2-5,8-11,15-16,23H,6-7,12-14H2,1H3. The van der Waals surface area contributed by atoms with E-state index in [0.29, 0.717) is 11.7 Å². The third-order valence-corrected chi connectivity index (χ3v) is 6.29. The molecule has 1 aliphatic rings. The van der Waals surface area contributed by atoms with E-state index in [0.717, 1.165) is 31.5 Å². The van der Waals surface area contributed by atoms with Crippen LogP contribution >= 0.6 is 11.8 Å². The quantitative estimate of drug-likeness (QED) is 0.672. The molecule has 1 unspecified atom stereocenters. The number of aryl methyl sites for hydroxylation is 1. The molecular formula is C22H24N2OS. The molecule has 3 aromatic rings. The second kappa shape index (κ2) is 7.58. The number of H-pyrrole nitrogens is 1. The summed E-state index contributed by atoms with van der Waals surface area (Å²) in [7, 11) is 0. The van der Waals surface area contributed by atoms with Crippen molar-refractivity contribution in [3.63, 3.8) is 0 Å². The number of nitrogens with one attached hydrogen (secondary N) is 1. The molecule has 0 bridgehead atoms. The van der Waals surface area contributed by atoms with Crippen molar-refractivity contribution < 1.29 is 4.79 Å². The molecule has 2 aromatic carbocycles. The van der Waals surface area contributed by atoms with E-state index in [-0.39, 0.29) is 5.91 Å². The van der Waals surface area contributed by atoms with Crippen LogP contribution < -0.4 is 4.90 Å². The zero-order valence-electron chi connectivity index (χ0n) is 15.1. The van der Waals surface area contributed by atoms with Crippen LogP contribution in [0.4, 0.5) is 5.69 Å². The summed E-state index contributed by atoms with van der Waals surface area (Å²) in [6.45, 7) is 3.06. The first-order valence-electron chi connectivity index (χ1n) is 9.33. The molecule has 0 aliphatic carbocycles. The summed E-state index contributed by atoms with van der Waals surface area (Å²) in [5.41, 5.74) is 3.55. The Morgan fingerprint density at radius 1 is 1.19 bits per heavy atom. The van der Waals surface area contributed by atoms with Crippen LogP contribution in [0.2, 0.25) is 0 Å². The van der Waals surface area contributed by atoms with Crippen molar-refractivity contribution in [2.24, 2.45) is 0 Å². The van der Waals surface area contributed by atoms with Crippen molar-refractivity contribution in [3.8, 4) is 0 Å². The lowest BCUT2D eigenvalue weighted by Crippen LogP contribution is -2.32. The molecule has 0 fully saturated rings. The lowest BCUT2D eigenvalue weighted by Gasteiger charge is -2.22. The Morgan fingerprint density at radius 3 is 2.92 bits per heavy atom. The van der Waals surface area contributed by atoms with E-state index in [1.165, 1.54) is 21.4 Å². The number of aromatic amines is 1. The van der Waals surface area contributed by atoms with Gasteiger partial charge in [0.25, 0.3) is 0 Å². The van der Waals surface area contributed by atoms with Gasteiger partial charge >= 0.3 is 0 Å². The van der Waals surface area contributed by atoms with Gasteiger partial charge < -0.3 is 9.88 Å². The molecule has 1 amide bonds. The van der Waals surface area contributed by atoms with E-state index in [1.54, 1.807) is 0 Å². The summed E-state index contributed by atoms with van der Waals surface area (Å²) in [4.78, 5) is 19.5. The van der Waals surface area contributed by atoms with E-state index in [4.69, 9.17) is 0 Å². The first kappa shape index (κ1) is 17.2. The highest BCUT2D eigenvalue weighted by Crippen LogP contribution is 2.37. The molecule has 1 N–H and O–H groups in total. The van der Waals surface area contributed by atoms with E-state index in [1.807, 2.05) is 28.8 Å². The van der Waals surface area contributed by atoms with Gasteiger partial charge in [-0.25, -0.2) is 0 Å². The van der Waals surface area contributed by atoms with Gasteiger partial charge in [-0.3, -0.25) is 4.79 Å². The van der Waals surface area contributed by atoms with E-state index >= 15 is 0 Å². The maximum Gasteiger partial charge on any atom is 0.227 e. The number of para-hydroxylation sites is 2. The topological polar surface area (TPSA) is 36.1 Å². The smallest absolute Gasteiger partial charge is 0.227 e. The summed E-state index contributed by atoms with van der Waals surface area (Å²) in [5.74, 6) is 0.243. The van der Waals surface area contributed by atoms with Gasteiger partial charge in [-0.1, -0.05) is 37.3 Å². The molecule has 2 heterocycles. The number of aromatic nitrogens is 1. The lowest BCUT2D eigenvalue weighted by atomic mass is 10.1. The fraction of sp³-hybridized carbons (Fsp3) is 0.318. The molecule has 4 rings (SSSR count). The molecule has 0 spiro atoms. The molecule has 0 radical (unpaired) electrons. The number of thioether (sulfide) groups is 1. The van der Waals surface area contributed by atoms with E-state index in [2.05, 4.69) is 54.5 Å². The number of rotatable bonds is 4. The van der Waals surface area contributed by atoms with Gasteiger partial charge in [-0.15, -0.1) is 11.8 Å². The number of hydrogen-bond donors (Lipinski definition) is 1. The maximum absolute atomic E-state index is 12.9. The average Bonchev–Trinajstić information content (AvgIpc) is 2.98. The molecule has 1 aromatic heterocycles. The summed E-state index contributed by atoms with van der Waals surface area (Å²) in [6, 6.07) is 16.7. The second-order valence-electron chi connectivity index (χ2n) is 6.94. The normalized spacial score (nSPS) is 17.1. The molecular weight excluding hydrogens is 340 g/mol. The van der Waals surface area contributed by atoms with Crippen LogP contribution in [0.3, 0.4) is 0 Å². The Hall–Kier alpha value is -2.20. The predicted octanol–water partition coefficient (Wildman–Crippen LogP) is 5.41. The Bertz CT molecular complexity index is 917. The van der Waals surface area contributed by atoms with Crippen LogP contribution in [0.1, 0.15) is 31.7 Å². The lowest BCUT2D eigenvalue weighted by molar-refractivity contribution is -0.118. The first-order valence-corrected chi connectivity index (χ1v) is 10.2. The number of carbonyl (C=O) groups excluding carboxylic acids is 1. The number of carbonyl (C=O) groups is 1. The van der Waals surface area contributed by atoms with Crippen LogP contribution in [-0.2, 0) is 11.2 Å². The van der Waals surface area contributed by atoms with Crippen molar-refractivity contribution in [1.82, 2.24) is 4.98 Å². The number of anilines is 1. The number of nitrogens with zero attached hydrogens (tertiary/aromatic N) is 1. The van der Waals surface area contributed by atoms with Crippen molar-refractivity contribution in [2.75, 3.05) is 11.4 Å². The third-order valence-electron chi connectivity index (χ3n) is 5.06. The summed E-state index contributed by atoms with van der Waals surface area (Å²) in [6.07, 6.45) is 5.51. The highest BCUT2D eigenvalue weighted by Gasteiger charge is 2.23. The van der Waals surface area contributed by atoms with Crippen LogP contribution in [0.5, 0.6) is 0 Å². The highest BCUT2D eigenvalue weighted by atomic mass is 32.2. The minimum Gasteiger partial charge on any atom is -0.361 e. The SMILES string of the molecule is CC1CCN(C(=O)CCCc2c[nH]c3ccccc23)c2ccccc2S1. The van der Waals surface area contributed by atoms with Gasteiger partial charge in [0.15, 0.2) is 0 Å². The monoisotopic (exact) mass is 364 g/mol. The van der Waals surface area contributed by atoms with Gasteiger partial charge in [0.2, 0.25) is 5.91 Å². The summed E-state index contributed by atoms with van der Waals surface area (Å²) < 4.78 is 0. The van der Waals surface area contributed by atoms with Crippen molar-refractivity contribution in [2.45, 2.75) is 42.8 Å². The first-order chi connectivity index (χ1) is 12.7. The highest BCUT2D eigenvalue weighted by molar-refractivity contribution is 8.00. The van der Waals surface area contributed by atoms with Crippen molar-refractivity contribution >= 4 is 34.3 Å². The Kier molecular flexibility index (Phi) is 5.02. The number of hydrogen-bond acceptors (Lipinski definition) is 2. The third kappa shape index (κ3) is 3.51. The number of amides is 1. The molecule has 26 heavy (non-hydrogen) atoms. The Labute approximate surface area is 158 Å². The van der Waals surface area contributed by atoms with Gasteiger partial charge in [0, 0.05) is 40.2 Å². The van der Waals surface area contributed by atoms with Crippen molar-refractivity contribution in [3.05, 3.63) is 60.3 Å². The van der Waals surface area contributed by atoms with Crippen molar-refractivity contribution in [1.29, 1.82) is 0 Å². The number of benzene rings is 2.